The number of piperazine rings is 1. The highest BCUT2D eigenvalue weighted by Crippen LogP contribution is 2.15. The van der Waals surface area contributed by atoms with Crippen LogP contribution in [0.3, 0.4) is 0 Å². The van der Waals surface area contributed by atoms with E-state index in [0.29, 0.717) is 51.4 Å². The average molecular weight is 460 g/mol. The predicted octanol–water partition coefficient (Wildman–Crippen LogP) is 2.89. The van der Waals surface area contributed by atoms with Crippen LogP contribution >= 0.6 is 0 Å². The number of hydrogen-bond acceptors (Lipinski definition) is 5. The zero-order chi connectivity index (χ0) is 24.3. The van der Waals surface area contributed by atoms with Gasteiger partial charge >= 0.3 is 0 Å². The molecule has 0 saturated carbocycles. The van der Waals surface area contributed by atoms with E-state index in [1.807, 2.05) is 52.3 Å². The van der Waals surface area contributed by atoms with Crippen LogP contribution in [-0.4, -0.2) is 72.3 Å². The first-order valence-electron chi connectivity index (χ1n) is 11.7. The van der Waals surface area contributed by atoms with Crippen molar-refractivity contribution in [3.05, 3.63) is 77.9 Å². The van der Waals surface area contributed by atoms with E-state index in [9.17, 15) is 9.59 Å². The fourth-order valence-electron chi connectivity index (χ4n) is 4.16. The van der Waals surface area contributed by atoms with Crippen molar-refractivity contribution in [3.63, 3.8) is 0 Å². The molecule has 1 aliphatic heterocycles. The van der Waals surface area contributed by atoms with Crippen LogP contribution in [0.25, 0.3) is 0 Å². The maximum Gasteiger partial charge on any atom is 0.238 e. The van der Waals surface area contributed by atoms with Gasteiger partial charge in [-0.3, -0.25) is 19.4 Å². The van der Waals surface area contributed by atoms with Crippen LogP contribution in [0.15, 0.2) is 61.2 Å². The van der Waals surface area contributed by atoms with Crippen LogP contribution < -0.4 is 5.32 Å². The molecule has 0 unspecified atom stereocenters. The monoisotopic (exact) mass is 459 g/mol. The molecule has 0 atom stereocenters. The molecule has 0 spiro atoms. The van der Waals surface area contributed by atoms with Crippen molar-refractivity contribution in [2.45, 2.75) is 19.9 Å². The molecule has 2 aromatic rings. The quantitative estimate of drug-likeness (QED) is 0.553. The highest BCUT2D eigenvalue weighted by atomic mass is 16.2. The fourth-order valence-corrected chi connectivity index (χ4v) is 4.16. The van der Waals surface area contributed by atoms with E-state index in [1.165, 1.54) is 0 Å². The van der Waals surface area contributed by atoms with Gasteiger partial charge in [0.2, 0.25) is 11.8 Å². The Kier molecular flexibility index (Phi) is 9.39. The summed E-state index contributed by atoms with van der Waals surface area (Å²) < 4.78 is 0. The van der Waals surface area contributed by atoms with Gasteiger partial charge < -0.3 is 10.2 Å². The molecule has 7 heteroatoms. The van der Waals surface area contributed by atoms with Crippen molar-refractivity contribution >= 4 is 17.5 Å². The maximum absolute atomic E-state index is 12.9. The molecule has 0 radical (unpaired) electrons. The van der Waals surface area contributed by atoms with Gasteiger partial charge in [-0.05, 0) is 35.7 Å². The van der Waals surface area contributed by atoms with Crippen molar-refractivity contribution < 1.29 is 9.59 Å². The number of nitrogens with zero attached hydrogens (tertiary/aromatic N) is 4. The second-order valence-electron chi connectivity index (χ2n) is 8.49. The number of aryl methyl sites for hydroxylation is 1. The normalized spacial score (nSPS) is 14.0. The smallest absolute Gasteiger partial charge is 0.238 e. The van der Waals surface area contributed by atoms with Gasteiger partial charge in [-0.1, -0.05) is 43.3 Å². The van der Waals surface area contributed by atoms with Gasteiger partial charge in [-0.2, -0.15) is 5.26 Å². The van der Waals surface area contributed by atoms with Gasteiger partial charge in [-0.15, -0.1) is 6.58 Å². The van der Waals surface area contributed by atoms with E-state index in [4.69, 9.17) is 5.26 Å². The summed E-state index contributed by atoms with van der Waals surface area (Å²) in [6.07, 6.45) is 2.65. The number of benzene rings is 2. The number of carbonyl (C=O) groups excluding carboxylic acids is 2. The first-order valence-corrected chi connectivity index (χ1v) is 11.7. The van der Waals surface area contributed by atoms with Crippen LogP contribution in [0.4, 0.5) is 5.69 Å². The highest BCUT2D eigenvalue weighted by Gasteiger charge is 2.24. The second kappa shape index (κ2) is 12.7. The number of para-hydroxylation sites is 1. The lowest BCUT2D eigenvalue weighted by molar-refractivity contribution is -0.134. The lowest BCUT2D eigenvalue weighted by Gasteiger charge is -2.35. The number of hydrogen-bond donors (Lipinski definition) is 1. The van der Waals surface area contributed by atoms with Crippen molar-refractivity contribution in [2.75, 3.05) is 51.1 Å². The minimum Gasteiger partial charge on any atom is -0.339 e. The lowest BCUT2D eigenvalue weighted by Crippen LogP contribution is -2.52. The van der Waals surface area contributed by atoms with Crippen molar-refractivity contribution in [1.29, 1.82) is 5.26 Å². The Balaban J connectivity index is 1.47. The van der Waals surface area contributed by atoms with Crippen LogP contribution in [-0.2, 0) is 22.6 Å². The molecule has 2 aromatic carbocycles. The number of rotatable bonds is 10. The Labute approximate surface area is 202 Å². The van der Waals surface area contributed by atoms with Gasteiger partial charge in [0.25, 0.3) is 0 Å². The van der Waals surface area contributed by atoms with E-state index in [1.54, 1.807) is 12.1 Å². The fraction of sp³-hybridized carbons (Fsp3) is 0.370. The largest absolute Gasteiger partial charge is 0.339 e. The third kappa shape index (κ3) is 7.27. The number of nitriles is 1. The summed E-state index contributed by atoms with van der Waals surface area (Å²) in [5.74, 6) is 0.0386. The number of nitrogens with one attached hydrogen (secondary N) is 1. The van der Waals surface area contributed by atoms with E-state index in [2.05, 4.69) is 29.8 Å². The number of carbonyl (C=O) groups is 2. The molecule has 0 bridgehead atoms. The first-order chi connectivity index (χ1) is 16.5. The molecular formula is C27H33N5O2. The Morgan fingerprint density at radius 3 is 2.62 bits per heavy atom. The summed E-state index contributed by atoms with van der Waals surface area (Å²) >= 11 is 0. The second-order valence-corrected chi connectivity index (χ2v) is 8.49. The van der Waals surface area contributed by atoms with Gasteiger partial charge in [-0.25, -0.2) is 0 Å². The highest BCUT2D eigenvalue weighted by molar-refractivity contribution is 5.93. The third-order valence-electron chi connectivity index (χ3n) is 5.97. The minimum absolute atomic E-state index is 0.0302. The number of amides is 2. The average Bonchev–Trinajstić information content (AvgIpc) is 2.85. The van der Waals surface area contributed by atoms with E-state index in [0.717, 1.165) is 23.2 Å². The molecule has 1 N–H and O–H groups in total. The summed E-state index contributed by atoms with van der Waals surface area (Å²) in [4.78, 5) is 31.4. The Morgan fingerprint density at radius 2 is 1.91 bits per heavy atom. The molecule has 7 nitrogen and oxygen atoms in total. The Bertz CT molecular complexity index is 1040. The maximum atomic E-state index is 12.9. The first kappa shape index (κ1) is 25.2. The summed E-state index contributed by atoms with van der Waals surface area (Å²) in [7, 11) is 0. The molecule has 0 aliphatic carbocycles. The van der Waals surface area contributed by atoms with Gasteiger partial charge in [0, 0.05) is 45.0 Å². The van der Waals surface area contributed by atoms with E-state index in [-0.39, 0.29) is 18.4 Å². The van der Waals surface area contributed by atoms with Crippen LogP contribution in [0, 0.1) is 11.3 Å². The zero-order valence-corrected chi connectivity index (χ0v) is 19.9. The summed E-state index contributed by atoms with van der Waals surface area (Å²) in [6.45, 7) is 10.2. The van der Waals surface area contributed by atoms with Gasteiger partial charge in [0.1, 0.15) is 0 Å². The summed E-state index contributed by atoms with van der Waals surface area (Å²) in [6, 6.07) is 17.5. The minimum atomic E-state index is -0.0302. The SMILES string of the molecule is C=CCN(CC(=O)N1CCN(CC(=O)Nc2ccccc2CC)CC1)Cc1cccc(C#N)c1. The van der Waals surface area contributed by atoms with Gasteiger partial charge in [0.05, 0.1) is 24.7 Å². The van der Waals surface area contributed by atoms with Gasteiger partial charge in [0.15, 0.2) is 0 Å². The molecule has 1 saturated heterocycles. The van der Waals surface area contributed by atoms with Crippen molar-refractivity contribution in [3.8, 4) is 6.07 Å². The van der Waals surface area contributed by atoms with Crippen molar-refractivity contribution in [2.24, 2.45) is 0 Å². The summed E-state index contributed by atoms with van der Waals surface area (Å²) in [5, 5.41) is 12.1. The third-order valence-corrected chi connectivity index (χ3v) is 5.97. The van der Waals surface area contributed by atoms with Crippen LogP contribution in [0.2, 0.25) is 0 Å². The van der Waals surface area contributed by atoms with Crippen molar-refractivity contribution in [1.82, 2.24) is 14.7 Å². The molecule has 3 rings (SSSR count). The molecule has 34 heavy (non-hydrogen) atoms. The molecule has 1 aliphatic rings. The predicted molar refractivity (Wildman–Crippen MR) is 134 cm³/mol. The van der Waals surface area contributed by atoms with E-state index < -0.39 is 0 Å². The van der Waals surface area contributed by atoms with E-state index >= 15 is 0 Å². The van der Waals surface area contributed by atoms with Crippen LogP contribution in [0.5, 0.6) is 0 Å². The molecular weight excluding hydrogens is 426 g/mol. The zero-order valence-electron chi connectivity index (χ0n) is 19.9. The Hall–Kier alpha value is -3.47. The van der Waals surface area contributed by atoms with Crippen LogP contribution in [0.1, 0.15) is 23.6 Å². The molecule has 1 heterocycles. The topological polar surface area (TPSA) is 79.7 Å². The molecule has 1 fully saturated rings. The summed E-state index contributed by atoms with van der Waals surface area (Å²) in [5.41, 5.74) is 3.59. The standard InChI is InChI=1S/C27H33N5O2/c1-3-12-31(19-23-9-7-8-22(17-23)18-28)21-27(34)32-15-13-30(14-16-32)20-26(33)29-25-11-6-5-10-24(25)4-2/h3,5-11,17H,1,4,12-16,19-21H2,2H3,(H,29,33). The molecule has 178 valence electrons. The molecule has 0 aromatic heterocycles. The molecule has 2 amide bonds. The number of anilines is 1. The Morgan fingerprint density at radius 1 is 1.15 bits per heavy atom. The lowest BCUT2D eigenvalue weighted by atomic mass is 10.1.